The Hall–Kier alpha value is -2.19. The topological polar surface area (TPSA) is 86.0 Å². The van der Waals surface area contributed by atoms with Crippen LogP contribution in [0.15, 0.2) is 29.6 Å². The largest absolute Gasteiger partial charge is 0.495 e. The molecule has 0 saturated heterocycles. The van der Waals surface area contributed by atoms with Gasteiger partial charge in [-0.1, -0.05) is 23.5 Å². The number of methoxy groups -OCH3 is 1. The van der Waals surface area contributed by atoms with E-state index in [4.69, 9.17) is 10.5 Å². The maximum absolute atomic E-state index is 5.62. The number of ether oxygens (including phenoxy) is 1. The summed E-state index contributed by atoms with van der Waals surface area (Å²) in [6.07, 6.45) is 0. The summed E-state index contributed by atoms with van der Waals surface area (Å²) in [4.78, 5) is 4.19. The fraction of sp³-hybridized carbons (Fsp3) is 0.0833. The Bertz CT molecular complexity index is 724. The Morgan fingerprint density at radius 3 is 2.85 bits per heavy atom. The molecule has 0 amide bonds. The molecule has 0 saturated carbocycles. The van der Waals surface area contributed by atoms with Gasteiger partial charge in [0.05, 0.1) is 12.8 Å². The quantitative estimate of drug-likeness (QED) is 0.770. The molecular weight excluding hydrogens is 294 g/mol. The van der Waals surface area contributed by atoms with Crippen molar-refractivity contribution in [3.8, 4) is 16.5 Å². The average Bonchev–Trinajstić information content (AvgIpc) is 3.08. The molecule has 0 unspecified atom stereocenters. The molecule has 1 aromatic carbocycles. The van der Waals surface area contributed by atoms with Gasteiger partial charge in [-0.05, 0) is 12.1 Å². The van der Waals surface area contributed by atoms with E-state index in [1.165, 1.54) is 22.7 Å². The summed E-state index contributed by atoms with van der Waals surface area (Å²) in [5, 5.41) is 15.2. The molecule has 2 aromatic heterocycles. The number of hydrogen-bond donors (Lipinski definition) is 2. The van der Waals surface area contributed by atoms with E-state index in [9.17, 15) is 0 Å². The van der Waals surface area contributed by atoms with E-state index in [0.717, 1.165) is 22.1 Å². The average molecular weight is 305 g/mol. The summed E-state index contributed by atoms with van der Waals surface area (Å²) < 4.78 is 5.28. The number of nitrogens with zero attached hydrogens (tertiary/aromatic N) is 3. The highest BCUT2D eigenvalue weighted by Gasteiger charge is 2.11. The van der Waals surface area contributed by atoms with Gasteiger partial charge in [-0.3, -0.25) is 0 Å². The van der Waals surface area contributed by atoms with Crippen LogP contribution in [0.2, 0.25) is 0 Å². The molecule has 0 atom stereocenters. The molecule has 8 heteroatoms. The van der Waals surface area contributed by atoms with Crippen molar-refractivity contribution in [3.63, 3.8) is 0 Å². The lowest BCUT2D eigenvalue weighted by molar-refractivity contribution is 0.417. The number of thiazole rings is 1. The van der Waals surface area contributed by atoms with E-state index in [0.29, 0.717) is 10.3 Å². The van der Waals surface area contributed by atoms with Crippen LogP contribution >= 0.6 is 22.7 Å². The second kappa shape index (κ2) is 5.43. The van der Waals surface area contributed by atoms with Gasteiger partial charge in [0.1, 0.15) is 11.4 Å². The van der Waals surface area contributed by atoms with Gasteiger partial charge in [0, 0.05) is 5.38 Å². The van der Waals surface area contributed by atoms with Crippen LogP contribution in [0, 0.1) is 0 Å². The van der Waals surface area contributed by atoms with E-state index in [1.807, 2.05) is 29.6 Å². The molecule has 6 nitrogen and oxygen atoms in total. The first-order valence-electron chi connectivity index (χ1n) is 5.71. The molecule has 0 bridgehead atoms. The van der Waals surface area contributed by atoms with Gasteiger partial charge >= 0.3 is 0 Å². The molecule has 0 aliphatic rings. The van der Waals surface area contributed by atoms with Gasteiger partial charge in [0.15, 0.2) is 10.1 Å². The highest BCUT2D eigenvalue weighted by Crippen LogP contribution is 2.32. The van der Waals surface area contributed by atoms with E-state index in [2.05, 4.69) is 20.5 Å². The van der Waals surface area contributed by atoms with Gasteiger partial charge in [-0.15, -0.1) is 21.5 Å². The first-order chi connectivity index (χ1) is 9.76. The van der Waals surface area contributed by atoms with Crippen LogP contribution in [0.5, 0.6) is 5.75 Å². The Morgan fingerprint density at radius 2 is 2.10 bits per heavy atom. The van der Waals surface area contributed by atoms with Gasteiger partial charge in [-0.2, -0.15) is 0 Å². The molecule has 20 heavy (non-hydrogen) atoms. The smallest absolute Gasteiger partial charge is 0.210 e. The van der Waals surface area contributed by atoms with Crippen molar-refractivity contribution in [1.29, 1.82) is 0 Å². The van der Waals surface area contributed by atoms with Gasteiger partial charge in [0.25, 0.3) is 0 Å². The van der Waals surface area contributed by atoms with Crippen LogP contribution < -0.4 is 15.8 Å². The molecule has 3 rings (SSSR count). The standard InChI is InChI=1S/C12H11N5OS2/c1-18-9-5-3-2-4-7(9)15-12-17-16-10(20-12)8-6-19-11(13)14-8/h2-6H,1H3,(H2,13,14)(H,15,17). The Morgan fingerprint density at radius 1 is 1.25 bits per heavy atom. The summed E-state index contributed by atoms with van der Waals surface area (Å²) in [7, 11) is 1.63. The highest BCUT2D eigenvalue weighted by molar-refractivity contribution is 7.19. The number of rotatable bonds is 4. The van der Waals surface area contributed by atoms with Gasteiger partial charge < -0.3 is 15.8 Å². The summed E-state index contributed by atoms with van der Waals surface area (Å²) in [5.74, 6) is 0.752. The molecule has 3 N–H and O–H groups in total. The number of nitrogens with two attached hydrogens (primary N) is 1. The highest BCUT2D eigenvalue weighted by atomic mass is 32.1. The SMILES string of the molecule is COc1ccccc1Nc1nnc(-c2csc(N)n2)s1. The maximum atomic E-state index is 5.62. The van der Waals surface area contributed by atoms with Crippen LogP contribution in [0.3, 0.4) is 0 Å². The summed E-state index contributed by atoms with van der Waals surface area (Å²) >= 11 is 2.80. The molecule has 0 radical (unpaired) electrons. The lowest BCUT2D eigenvalue weighted by Gasteiger charge is -2.07. The van der Waals surface area contributed by atoms with Crippen LogP contribution in [0.25, 0.3) is 10.7 Å². The Labute approximate surface area is 123 Å². The Balaban J connectivity index is 1.84. The lowest BCUT2D eigenvalue weighted by Crippen LogP contribution is -1.93. The lowest BCUT2D eigenvalue weighted by atomic mass is 10.3. The minimum atomic E-state index is 0.523. The third-order valence-electron chi connectivity index (χ3n) is 2.51. The van der Waals surface area contributed by atoms with E-state index < -0.39 is 0 Å². The van der Waals surface area contributed by atoms with Crippen molar-refractivity contribution >= 4 is 38.6 Å². The fourth-order valence-corrected chi connectivity index (χ4v) is 2.97. The number of anilines is 3. The molecule has 3 aromatic rings. The minimum Gasteiger partial charge on any atom is -0.495 e. The third-order valence-corrected chi connectivity index (χ3v) is 4.05. The molecule has 0 spiro atoms. The summed E-state index contributed by atoms with van der Waals surface area (Å²) in [6.45, 7) is 0. The first-order valence-corrected chi connectivity index (χ1v) is 7.41. The number of benzene rings is 1. The number of hydrogen-bond acceptors (Lipinski definition) is 8. The number of aromatic nitrogens is 3. The van der Waals surface area contributed by atoms with Crippen molar-refractivity contribution in [2.75, 3.05) is 18.2 Å². The molecule has 0 aliphatic carbocycles. The second-order valence-electron chi connectivity index (χ2n) is 3.81. The fourth-order valence-electron chi connectivity index (χ4n) is 1.63. The zero-order valence-corrected chi connectivity index (χ0v) is 12.2. The molecule has 102 valence electrons. The van der Waals surface area contributed by atoms with Crippen LogP contribution in [-0.2, 0) is 0 Å². The van der Waals surface area contributed by atoms with Crippen molar-refractivity contribution < 1.29 is 4.74 Å². The minimum absolute atomic E-state index is 0.523. The Kier molecular flexibility index (Phi) is 3.48. The van der Waals surface area contributed by atoms with Crippen LogP contribution in [0.4, 0.5) is 16.0 Å². The number of nitrogen functional groups attached to an aromatic ring is 1. The monoisotopic (exact) mass is 305 g/mol. The van der Waals surface area contributed by atoms with Crippen molar-refractivity contribution in [2.24, 2.45) is 0 Å². The van der Waals surface area contributed by atoms with Crippen molar-refractivity contribution in [3.05, 3.63) is 29.6 Å². The molecular formula is C12H11N5OS2. The van der Waals surface area contributed by atoms with E-state index >= 15 is 0 Å². The van der Waals surface area contributed by atoms with Crippen LogP contribution in [-0.4, -0.2) is 22.3 Å². The summed E-state index contributed by atoms with van der Waals surface area (Å²) in [6, 6.07) is 7.63. The predicted octanol–water partition coefficient (Wildman–Crippen LogP) is 3.00. The third kappa shape index (κ3) is 2.56. The van der Waals surface area contributed by atoms with E-state index in [1.54, 1.807) is 7.11 Å². The van der Waals surface area contributed by atoms with Crippen LogP contribution in [0.1, 0.15) is 0 Å². The van der Waals surface area contributed by atoms with Crippen molar-refractivity contribution in [1.82, 2.24) is 15.2 Å². The zero-order valence-electron chi connectivity index (χ0n) is 10.5. The first kappa shape index (κ1) is 12.8. The summed E-state index contributed by atoms with van der Waals surface area (Å²) in [5.41, 5.74) is 7.21. The molecule has 0 aliphatic heterocycles. The predicted molar refractivity (Wildman–Crippen MR) is 81.7 cm³/mol. The molecule has 2 heterocycles. The number of para-hydroxylation sites is 2. The van der Waals surface area contributed by atoms with Gasteiger partial charge in [0.2, 0.25) is 5.13 Å². The van der Waals surface area contributed by atoms with Gasteiger partial charge in [-0.25, -0.2) is 4.98 Å². The molecule has 0 fully saturated rings. The number of nitrogens with one attached hydrogen (secondary N) is 1. The second-order valence-corrected chi connectivity index (χ2v) is 5.68. The normalized spacial score (nSPS) is 10.4. The zero-order chi connectivity index (χ0) is 13.9. The van der Waals surface area contributed by atoms with Crippen molar-refractivity contribution in [2.45, 2.75) is 0 Å². The van der Waals surface area contributed by atoms with E-state index in [-0.39, 0.29) is 0 Å². The maximum Gasteiger partial charge on any atom is 0.210 e.